The molecule has 0 saturated heterocycles. The minimum atomic E-state index is -1.36. The molecule has 1 aliphatic carbocycles. The van der Waals surface area contributed by atoms with Crippen LogP contribution in [-0.4, -0.2) is 21.8 Å². The minimum absolute atomic E-state index is 0.201. The molecule has 0 heterocycles. The van der Waals surface area contributed by atoms with E-state index in [0.29, 0.717) is 33.4 Å². The van der Waals surface area contributed by atoms with Crippen LogP contribution in [0.4, 0.5) is 0 Å². The zero-order valence-corrected chi connectivity index (χ0v) is 30.3. The molecule has 9 rings (SSSR count). The summed E-state index contributed by atoms with van der Waals surface area (Å²) in [5, 5.41) is 24.5. The van der Waals surface area contributed by atoms with Gasteiger partial charge in [0.25, 0.3) is 0 Å². The van der Waals surface area contributed by atoms with Crippen molar-refractivity contribution in [2.45, 2.75) is 11.2 Å². The summed E-state index contributed by atoms with van der Waals surface area (Å²) in [6, 6.07) is 64.6. The summed E-state index contributed by atoms with van der Waals surface area (Å²) >= 11 is 0. The van der Waals surface area contributed by atoms with Crippen LogP contribution in [0.2, 0.25) is 0 Å². The Morgan fingerprint density at radius 3 is 0.804 bits per heavy atom. The van der Waals surface area contributed by atoms with Crippen LogP contribution < -0.4 is 0 Å². The largest absolute Gasteiger partial charge is 0.376 e. The molecule has 4 heteroatoms. The lowest BCUT2D eigenvalue weighted by molar-refractivity contribution is 0.0979. The highest BCUT2D eigenvalue weighted by Gasteiger charge is 2.35. The second-order valence-corrected chi connectivity index (χ2v) is 14.2. The van der Waals surface area contributed by atoms with Gasteiger partial charge in [-0.05, 0) is 79.9 Å². The van der Waals surface area contributed by atoms with Crippen LogP contribution in [0.3, 0.4) is 0 Å². The van der Waals surface area contributed by atoms with Crippen molar-refractivity contribution in [3.8, 4) is 22.3 Å². The predicted octanol–water partition coefficient (Wildman–Crippen LogP) is 10.4. The van der Waals surface area contributed by atoms with E-state index in [-0.39, 0.29) is 11.6 Å². The van der Waals surface area contributed by atoms with Crippen molar-refractivity contribution >= 4 is 11.6 Å². The van der Waals surface area contributed by atoms with E-state index in [2.05, 4.69) is 0 Å². The molecular formula is C52H36O4. The van der Waals surface area contributed by atoms with Crippen molar-refractivity contribution in [2.75, 3.05) is 0 Å². The summed E-state index contributed by atoms with van der Waals surface area (Å²) in [7, 11) is 0. The molecule has 1 aliphatic rings. The lowest BCUT2D eigenvalue weighted by Crippen LogP contribution is -2.28. The Morgan fingerprint density at radius 1 is 0.268 bits per heavy atom. The molecule has 0 bridgehead atoms. The second kappa shape index (κ2) is 14.0. The first kappa shape index (κ1) is 34.8. The molecule has 0 aromatic heterocycles. The minimum Gasteiger partial charge on any atom is -0.376 e. The maximum absolute atomic E-state index is 14.0. The van der Waals surface area contributed by atoms with E-state index in [1.54, 1.807) is 24.3 Å². The number of carbonyl (C=O) groups is 2. The molecule has 0 aliphatic heterocycles. The number of carbonyl (C=O) groups excluding carboxylic acids is 2. The summed E-state index contributed by atoms with van der Waals surface area (Å²) in [5.41, 5.74) is 6.52. The van der Waals surface area contributed by atoms with Crippen LogP contribution in [0, 0.1) is 0 Å². The third-order valence-corrected chi connectivity index (χ3v) is 11.1. The summed E-state index contributed by atoms with van der Waals surface area (Å²) in [5.74, 6) is -0.401. The van der Waals surface area contributed by atoms with Gasteiger partial charge in [-0.25, -0.2) is 0 Å². The highest BCUT2D eigenvalue weighted by molar-refractivity contribution is 6.29. The van der Waals surface area contributed by atoms with Gasteiger partial charge in [0.05, 0.1) is 0 Å². The van der Waals surface area contributed by atoms with Crippen LogP contribution in [0.15, 0.2) is 206 Å². The second-order valence-electron chi connectivity index (χ2n) is 14.2. The molecular weight excluding hydrogens is 689 g/mol. The van der Waals surface area contributed by atoms with E-state index in [1.165, 1.54) is 0 Å². The van der Waals surface area contributed by atoms with E-state index in [4.69, 9.17) is 0 Å². The smallest absolute Gasteiger partial charge is 0.194 e. The molecule has 0 amide bonds. The predicted molar refractivity (Wildman–Crippen MR) is 221 cm³/mol. The highest BCUT2D eigenvalue weighted by Crippen LogP contribution is 2.40. The van der Waals surface area contributed by atoms with E-state index in [9.17, 15) is 19.8 Å². The molecule has 2 N–H and O–H groups in total. The molecule has 0 unspecified atom stereocenters. The van der Waals surface area contributed by atoms with E-state index in [0.717, 1.165) is 44.5 Å². The summed E-state index contributed by atoms with van der Waals surface area (Å²) in [6.07, 6.45) is 0. The van der Waals surface area contributed by atoms with Gasteiger partial charge in [0.2, 0.25) is 0 Å². The van der Waals surface area contributed by atoms with Crippen LogP contribution in [0.5, 0.6) is 0 Å². The summed E-state index contributed by atoms with van der Waals surface area (Å²) in [4.78, 5) is 28.0. The number of aliphatic hydroxyl groups is 2. The van der Waals surface area contributed by atoms with E-state index in [1.807, 2.05) is 182 Å². The van der Waals surface area contributed by atoms with Crippen LogP contribution in [-0.2, 0) is 11.2 Å². The van der Waals surface area contributed by atoms with Crippen molar-refractivity contribution in [2.24, 2.45) is 0 Å². The first-order valence-corrected chi connectivity index (χ1v) is 18.6. The molecule has 0 fully saturated rings. The topological polar surface area (TPSA) is 74.6 Å². The molecule has 0 atom stereocenters. The zero-order chi connectivity index (χ0) is 38.3. The molecule has 4 nitrogen and oxygen atoms in total. The fourth-order valence-electron chi connectivity index (χ4n) is 8.03. The maximum atomic E-state index is 14.0. The Kier molecular flexibility index (Phi) is 8.70. The van der Waals surface area contributed by atoms with Gasteiger partial charge in [0.15, 0.2) is 11.6 Å². The van der Waals surface area contributed by atoms with Crippen LogP contribution in [0.25, 0.3) is 22.3 Å². The first-order chi connectivity index (χ1) is 27.4. The molecule has 0 radical (unpaired) electrons. The first-order valence-electron chi connectivity index (χ1n) is 18.6. The Hall–Kier alpha value is -6.98. The lowest BCUT2D eigenvalue weighted by atomic mass is 9.79. The maximum Gasteiger partial charge on any atom is 0.194 e. The van der Waals surface area contributed by atoms with Gasteiger partial charge in [-0.3, -0.25) is 9.59 Å². The molecule has 0 saturated carbocycles. The SMILES string of the molecule is O=C1c2ccc(-c3ccc(C(O)(c4ccccc4)c4ccccc4)cc3)cc2C(=O)c2ccc(-c3ccc(C(O)(c4ccccc4)c4ccccc4)cc3)cc21. The third-order valence-electron chi connectivity index (χ3n) is 11.1. The molecule has 8 aromatic rings. The number of rotatable bonds is 8. The monoisotopic (exact) mass is 724 g/mol. The van der Waals surface area contributed by atoms with Crippen molar-refractivity contribution in [3.63, 3.8) is 0 Å². The lowest BCUT2D eigenvalue weighted by Gasteiger charge is -2.30. The Balaban J connectivity index is 1.01. The van der Waals surface area contributed by atoms with E-state index < -0.39 is 11.2 Å². The molecule has 268 valence electrons. The quantitative estimate of drug-likeness (QED) is 0.153. The van der Waals surface area contributed by atoms with Gasteiger partial charge in [-0.2, -0.15) is 0 Å². The van der Waals surface area contributed by atoms with Crippen LogP contribution >= 0.6 is 0 Å². The molecule has 0 spiro atoms. The Bertz CT molecular complexity index is 2430. The van der Waals surface area contributed by atoms with Crippen molar-refractivity contribution in [3.05, 3.63) is 262 Å². The van der Waals surface area contributed by atoms with Gasteiger partial charge >= 0.3 is 0 Å². The summed E-state index contributed by atoms with van der Waals surface area (Å²) in [6.45, 7) is 0. The number of ketones is 2. The zero-order valence-electron chi connectivity index (χ0n) is 30.3. The van der Waals surface area contributed by atoms with Gasteiger partial charge in [0, 0.05) is 22.3 Å². The normalized spacial score (nSPS) is 12.5. The number of hydrogen-bond donors (Lipinski definition) is 2. The molecule has 56 heavy (non-hydrogen) atoms. The van der Waals surface area contributed by atoms with Crippen molar-refractivity contribution < 1.29 is 19.8 Å². The summed E-state index contributed by atoms with van der Waals surface area (Å²) < 4.78 is 0. The van der Waals surface area contributed by atoms with Crippen molar-refractivity contribution in [1.82, 2.24) is 0 Å². The standard InChI is InChI=1S/C52H36O4/c53-49-46-32-26-38(36-23-29-44(30-24-36)52(56,41-17-9-3-10-18-41)42-19-11-4-12-20-42)34-48(46)50(54)45-31-25-37(33-47(45)49)35-21-27-43(28-22-35)51(55,39-13-5-1-6-14-39)40-15-7-2-8-16-40/h1-34,55-56H. The van der Waals surface area contributed by atoms with Gasteiger partial charge in [-0.15, -0.1) is 0 Å². The third kappa shape index (κ3) is 5.80. The highest BCUT2D eigenvalue weighted by atomic mass is 16.3. The molecule has 8 aromatic carbocycles. The van der Waals surface area contributed by atoms with E-state index >= 15 is 0 Å². The van der Waals surface area contributed by atoms with Crippen LogP contribution in [0.1, 0.15) is 65.2 Å². The van der Waals surface area contributed by atoms with Crippen molar-refractivity contribution in [1.29, 1.82) is 0 Å². The average molecular weight is 725 g/mol. The van der Waals surface area contributed by atoms with Gasteiger partial charge < -0.3 is 10.2 Å². The number of hydrogen-bond acceptors (Lipinski definition) is 4. The van der Waals surface area contributed by atoms with Gasteiger partial charge in [0.1, 0.15) is 11.2 Å². The fourth-order valence-corrected chi connectivity index (χ4v) is 8.03. The number of benzene rings is 8. The number of fused-ring (bicyclic) bond motifs is 2. The Labute approximate surface area is 325 Å². The Morgan fingerprint density at radius 2 is 0.518 bits per heavy atom. The van der Waals surface area contributed by atoms with Gasteiger partial charge in [-0.1, -0.05) is 182 Å². The fraction of sp³-hybridized carbons (Fsp3) is 0.0385. The average Bonchev–Trinajstić information content (AvgIpc) is 3.28.